The minimum atomic E-state index is -3.30. The van der Waals surface area contributed by atoms with Gasteiger partial charge in [-0.2, -0.15) is 0 Å². The number of sulfonamides is 2. The average molecular weight is 1860 g/mol. The fourth-order valence-corrected chi connectivity index (χ4v) is 16.0. The van der Waals surface area contributed by atoms with E-state index in [1.165, 1.54) is 45.6 Å². The van der Waals surface area contributed by atoms with Gasteiger partial charge in [-0.1, -0.05) is 158 Å². The van der Waals surface area contributed by atoms with Crippen LogP contribution in [0.1, 0.15) is 84.3 Å². The van der Waals surface area contributed by atoms with E-state index < -0.39 is 25.9 Å². The Bertz CT molecular complexity index is 5860. The van der Waals surface area contributed by atoms with Crippen LogP contribution in [0.2, 0.25) is 25.1 Å². The molecule has 2 aliphatic rings. The summed E-state index contributed by atoms with van der Waals surface area (Å²) in [5.41, 5.74) is 18.5. The van der Waals surface area contributed by atoms with Gasteiger partial charge in [0.1, 0.15) is 17.5 Å². The van der Waals surface area contributed by atoms with Crippen molar-refractivity contribution in [1.29, 1.82) is 0 Å². The lowest BCUT2D eigenvalue weighted by molar-refractivity contribution is -0.119. The lowest BCUT2D eigenvalue weighted by atomic mass is 9.98. The van der Waals surface area contributed by atoms with Gasteiger partial charge in [-0.3, -0.25) is 28.3 Å². The van der Waals surface area contributed by atoms with E-state index in [2.05, 4.69) is 26.9 Å². The predicted octanol–water partition coefficient (Wildman–Crippen LogP) is 23.7. The maximum atomic E-state index is 14.6. The first-order valence-electron chi connectivity index (χ1n) is 39.7. The van der Waals surface area contributed by atoms with Crippen molar-refractivity contribution in [3.8, 4) is 66.9 Å². The van der Waals surface area contributed by atoms with Crippen molar-refractivity contribution in [2.75, 3.05) is 92.3 Å². The van der Waals surface area contributed by atoms with Gasteiger partial charge in [0.05, 0.1) is 73.3 Å². The number of methoxy groups -OCH3 is 5. The van der Waals surface area contributed by atoms with Crippen molar-refractivity contribution >= 4 is 136 Å². The highest BCUT2D eigenvalue weighted by Gasteiger charge is 2.27. The third kappa shape index (κ3) is 29.0. The lowest BCUT2D eigenvalue weighted by Gasteiger charge is -2.20. The number of pyridine rings is 1. The van der Waals surface area contributed by atoms with Crippen LogP contribution >= 0.6 is 69.3 Å². The number of nitrogens with zero attached hydrogens (tertiary/aromatic N) is 5. The van der Waals surface area contributed by atoms with E-state index >= 15 is 0 Å². The molecule has 2 aromatic heterocycles. The number of halogens is 7. The van der Waals surface area contributed by atoms with Crippen LogP contribution in [0, 0.1) is 24.5 Å². The Kier molecular flexibility index (Phi) is 37.6. The number of aryl methyl sites for hydroxylation is 2. The van der Waals surface area contributed by atoms with E-state index in [1.54, 1.807) is 100 Å². The minimum absolute atomic E-state index is 0.00242. The predicted molar refractivity (Wildman–Crippen MR) is 506 cm³/mol. The number of aromatic nitrogens is 2. The van der Waals surface area contributed by atoms with Crippen LogP contribution in [0.5, 0.6) is 0 Å². The molecule has 4 heterocycles. The van der Waals surface area contributed by atoms with Crippen LogP contribution in [0.15, 0.2) is 224 Å². The molecule has 2 saturated heterocycles. The fraction of sp³-hybridized carbons (Fsp3) is 0.260. The van der Waals surface area contributed by atoms with Gasteiger partial charge in [0, 0.05) is 127 Å². The van der Waals surface area contributed by atoms with Gasteiger partial charge in [0.15, 0.2) is 0 Å². The minimum Gasteiger partial charge on any atom is -0.380 e. The van der Waals surface area contributed by atoms with E-state index in [1.807, 2.05) is 178 Å². The molecule has 0 aliphatic carbocycles. The first kappa shape index (κ1) is 98.8. The van der Waals surface area contributed by atoms with E-state index in [-0.39, 0.29) is 29.5 Å². The van der Waals surface area contributed by atoms with Crippen molar-refractivity contribution < 1.29 is 63.7 Å². The fourth-order valence-electron chi connectivity index (χ4n) is 13.5. The highest BCUT2D eigenvalue weighted by Crippen LogP contribution is 2.38. The zero-order valence-corrected chi connectivity index (χ0v) is 77.7. The molecule has 12 aromatic rings. The summed E-state index contributed by atoms with van der Waals surface area (Å²) in [4.78, 5) is 49.2. The second-order valence-corrected chi connectivity index (χ2v) is 36.6. The zero-order chi connectivity index (χ0) is 90.7. The molecule has 10 aromatic carbocycles. The monoisotopic (exact) mass is 1850 g/mol. The highest BCUT2D eigenvalue weighted by molar-refractivity contribution is 7.92. The summed E-state index contributed by atoms with van der Waals surface area (Å²) in [5.74, 6) is 0.145. The Balaban J connectivity index is 0.000000170. The number of ether oxygens (including phenoxy) is 5. The summed E-state index contributed by atoms with van der Waals surface area (Å²) >= 11 is 31.3. The first-order valence-corrected chi connectivity index (χ1v) is 46.2. The molecule has 14 rings (SSSR count). The summed E-state index contributed by atoms with van der Waals surface area (Å²) in [6.07, 6.45) is 5.98. The third-order valence-corrected chi connectivity index (χ3v) is 23.8. The largest absolute Gasteiger partial charge is 0.380 e. The molecular weight excluding hydrogens is 1750 g/mol. The van der Waals surface area contributed by atoms with Crippen LogP contribution in [0.4, 0.5) is 37.3 Å². The second kappa shape index (κ2) is 47.5. The van der Waals surface area contributed by atoms with Crippen LogP contribution in [0.25, 0.3) is 66.9 Å². The molecule has 0 unspecified atom stereocenters. The number of hydrogen-bond donors (Lipinski definition) is 2. The van der Waals surface area contributed by atoms with Gasteiger partial charge in [0.2, 0.25) is 37.8 Å². The number of thiazole rings is 1. The summed E-state index contributed by atoms with van der Waals surface area (Å²) in [6, 6.07) is 67.8. The number of rotatable bonds is 25. The number of carbonyl (C=O) groups is 3. The average Bonchev–Trinajstić information content (AvgIpc) is 1.78. The molecule has 2 aliphatic heterocycles. The molecular formula is C96H100Cl5F2N7O12S3. The van der Waals surface area contributed by atoms with Crippen LogP contribution in [-0.2, 0) is 97.6 Å². The van der Waals surface area contributed by atoms with E-state index in [9.17, 15) is 40.0 Å². The Hall–Kier alpha value is -10.0. The number of carbonyl (C=O) groups excluding carboxylic acids is 3. The van der Waals surface area contributed by atoms with Crippen molar-refractivity contribution in [2.45, 2.75) is 92.8 Å². The molecule has 2 fully saturated rings. The molecule has 29 heteroatoms. The number of hydrogen-bond acceptors (Lipinski definition) is 15. The highest BCUT2D eigenvalue weighted by atomic mass is 35.5. The van der Waals surface area contributed by atoms with Crippen LogP contribution in [-0.4, -0.2) is 113 Å². The van der Waals surface area contributed by atoms with E-state index in [0.29, 0.717) is 100 Å². The van der Waals surface area contributed by atoms with Crippen LogP contribution in [0.3, 0.4) is 0 Å². The molecule has 0 spiro atoms. The molecule has 0 radical (unpaired) electrons. The SMILES string of the molecule is CCc1sc(C)nc1-c1ccc(F)cc1.COCc1cc(N(C)S(C)(=O)=O)ccc1-c1ccc(Cl)cc1.COCc1cc(N2CCCC2=O)c(F)cc1-c1ccc(Cl)cc1.COCc1cc(NC(=O)C(C)C)ccc1-c1ccc(Cl)cc1.COCc1cc(NS(C)(=O)=O)ccc1-c1ccc(Cl)cc1.COCc1nc(N2CCCC2=O)ccc1-c1ccc(Cl)cc1. The second-order valence-electron chi connectivity index (χ2n) is 29.3. The maximum Gasteiger partial charge on any atom is 0.231 e. The van der Waals surface area contributed by atoms with Crippen molar-refractivity contribution in [1.82, 2.24) is 9.97 Å². The van der Waals surface area contributed by atoms with Gasteiger partial charge in [-0.15, -0.1) is 11.3 Å². The van der Waals surface area contributed by atoms with Gasteiger partial charge in [-0.25, -0.2) is 35.6 Å². The summed E-state index contributed by atoms with van der Waals surface area (Å²) < 4.78 is 103. The quantitative estimate of drug-likeness (QED) is 0.0543. The van der Waals surface area contributed by atoms with Crippen molar-refractivity contribution in [3.63, 3.8) is 0 Å². The number of benzene rings is 10. The van der Waals surface area contributed by atoms with Gasteiger partial charge in [-0.05, 0) is 244 Å². The summed E-state index contributed by atoms with van der Waals surface area (Å²) in [6.45, 7) is 11.1. The van der Waals surface area contributed by atoms with E-state index in [4.69, 9.17) is 81.7 Å². The smallest absolute Gasteiger partial charge is 0.231 e. The Morgan fingerprint density at radius 1 is 0.488 bits per heavy atom. The molecule has 658 valence electrons. The molecule has 0 bridgehead atoms. The van der Waals surface area contributed by atoms with Gasteiger partial charge < -0.3 is 33.9 Å². The standard InChI is InChI=1S/C18H17ClFNO2.C18H20ClNO2.C17H17ClN2O2.C16H18ClNO3S.C15H16ClNO3S.C12H12FNS/c1-23-11-13-9-17(21-8-2-3-18(21)22)16(20)10-15(13)12-4-6-14(19)7-5-12;1-12(2)18(21)20-16-8-9-17(14(10-16)11-22-3)13-4-6-15(19)7-5-13;1-22-11-15-14(12-4-6-13(18)7-5-12)8-9-16(19-15)20-10-2-3-17(20)21;1-18(22(3,19)20)15-8-9-16(13(10-15)11-21-2)12-4-6-14(17)7-5-12;1-20-10-12-9-14(17-21(2,18)19)7-8-15(12)11-3-5-13(16)6-4-11;1-3-11-12(14-8(2)15-11)9-4-6-10(13)7-5-9/h4-7,9-10H,2-3,8,11H2,1H3;4-10,12H,11H2,1-3H3,(H,20,21);4-9H,2-3,10-11H2,1H3;4-10H,11H2,1-3H3;3-9,17H,10H2,1-2H3;4-7H,3H2,1-2H3. The molecule has 0 saturated carbocycles. The lowest BCUT2D eigenvalue weighted by Crippen LogP contribution is -2.25. The topological polar surface area (TPSA) is 225 Å². The third-order valence-electron chi connectivity index (χ3n) is 19.6. The normalized spacial score (nSPS) is 12.4. The molecule has 19 nitrogen and oxygen atoms in total. The van der Waals surface area contributed by atoms with Crippen molar-refractivity contribution in [2.24, 2.45) is 5.92 Å². The van der Waals surface area contributed by atoms with Crippen LogP contribution < -0.4 is 24.1 Å². The van der Waals surface area contributed by atoms with Crippen molar-refractivity contribution in [3.05, 3.63) is 299 Å². The number of amides is 3. The molecule has 2 N–H and O–H groups in total. The molecule has 0 atom stereocenters. The summed E-state index contributed by atoms with van der Waals surface area (Å²) in [7, 11) is 3.03. The van der Waals surface area contributed by atoms with Gasteiger partial charge in [0.25, 0.3) is 0 Å². The number of anilines is 5. The Morgan fingerprint density at radius 3 is 1.30 bits per heavy atom. The summed E-state index contributed by atoms with van der Waals surface area (Å²) in [5, 5.41) is 7.35. The Labute approximate surface area is 760 Å². The molecule has 3 amide bonds. The van der Waals surface area contributed by atoms with Gasteiger partial charge >= 0.3 is 0 Å². The van der Waals surface area contributed by atoms with E-state index in [0.717, 1.165) is 138 Å². The zero-order valence-electron chi connectivity index (χ0n) is 71.4. The maximum absolute atomic E-state index is 14.6. The number of nitrogens with one attached hydrogen (secondary N) is 2. The molecule has 125 heavy (non-hydrogen) atoms. The first-order chi connectivity index (χ1) is 59.7. The Morgan fingerprint density at radius 2 is 0.880 bits per heavy atom.